The SMILES string of the molecule is NC1=NC(P(=O)(O)O)(P(=O)(O)O)CC1=O. The van der Waals surface area contributed by atoms with Crippen molar-refractivity contribution in [2.24, 2.45) is 10.7 Å². The molecule has 1 aliphatic rings. The van der Waals surface area contributed by atoms with Crippen LogP contribution in [0.1, 0.15) is 6.42 Å². The van der Waals surface area contributed by atoms with Crippen LogP contribution in [0.5, 0.6) is 0 Å². The van der Waals surface area contributed by atoms with Gasteiger partial charge in [-0.3, -0.25) is 13.9 Å². The summed E-state index contributed by atoms with van der Waals surface area (Å²) >= 11 is 0. The van der Waals surface area contributed by atoms with Crippen molar-refractivity contribution in [3.05, 3.63) is 0 Å². The number of hydrogen-bond donors (Lipinski definition) is 5. The fourth-order valence-electron chi connectivity index (χ4n) is 1.11. The van der Waals surface area contributed by atoms with Crippen molar-refractivity contribution in [1.82, 2.24) is 0 Å². The number of rotatable bonds is 2. The van der Waals surface area contributed by atoms with E-state index < -0.39 is 38.3 Å². The van der Waals surface area contributed by atoms with Crippen molar-refractivity contribution in [2.45, 2.75) is 11.4 Å². The first kappa shape index (κ1) is 12.5. The monoisotopic (exact) mass is 258 g/mol. The molecule has 0 amide bonds. The van der Waals surface area contributed by atoms with Gasteiger partial charge in [-0.05, 0) is 0 Å². The summed E-state index contributed by atoms with van der Waals surface area (Å²) in [5, 5.41) is -3.04. The Kier molecular flexibility index (Phi) is 2.68. The van der Waals surface area contributed by atoms with Gasteiger partial charge in [-0.15, -0.1) is 0 Å². The molecule has 0 saturated carbocycles. The summed E-state index contributed by atoms with van der Waals surface area (Å²) in [6.07, 6.45) is -1.09. The molecule has 15 heavy (non-hydrogen) atoms. The second-order valence-electron chi connectivity index (χ2n) is 2.96. The summed E-state index contributed by atoms with van der Waals surface area (Å²) in [7, 11) is -10.6. The van der Waals surface area contributed by atoms with Crippen molar-refractivity contribution in [2.75, 3.05) is 0 Å². The van der Waals surface area contributed by atoms with Gasteiger partial charge in [0.2, 0.25) is 5.78 Å². The molecule has 0 radical (unpaired) electrons. The highest BCUT2D eigenvalue weighted by atomic mass is 31.2. The molecule has 0 aromatic rings. The van der Waals surface area contributed by atoms with Crippen LogP contribution in [0.4, 0.5) is 0 Å². The number of aliphatic imine (C=N–C) groups is 1. The third kappa shape index (κ3) is 1.78. The van der Waals surface area contributed by atoms with Gasteiger partial charge < -0.3 is 25.3 Å². The number of carbonyl (C=O) groups excluding carboxylic acids is 1. The predicted octanol–water partition coefficient (Wildman–Crippen LogP) is -1.67. The summed E-state index contributed by atoms with van der Waals surface area (Å²) in [5.74, 6) is -1.79. The summed E-state index contributed by atoms with van der Waals surface area (Å²) < 4.78 is 22.0. The van der Waals surface area contributed by atoms with Gasteiger partial charge >= 0.3 is 15.2 Å². The van der Waals surface area contributed by atoms with Crippen LogP contribution < -0.4 is 5.73 Å². The minimum atomic E-state index is -5.29. The quantitative estimate of drug-likeness (QED) is 0.365. The molecule has 0 bridgehead atoms. The summed E-state index contributed by atoms with van der Waals surface area (Å²) in [6, 6.07) is 0. The van der Waals surface area contributed by atoms with Gasteiger partial charge in [0.1, 0.15) is 0 Å². The Hall–Kier alpha value is -0.560. The van der Waals surface area contributed by atoms with Gasteiger partial charge in [-0.1, -0.05) is 0 Å². The fraction of sp³-hybridized carbons (Fsp3) is 0.500. The van der Waals surface area contributed by atoms with Crippen LogP contribution in [-0.2, 0) is 13.9 Å². The molecule has 0 unspecified atom stereocenters. The zero-order valence-corrected chi connectivity index (χ0v) is 8.93. The smallest absolute Gasteiger partial charge is 0.365 e. The number of nitrogens with two attached hydrogens (primary N) is 1. The molecule has 1 rings (SSSR count). The maximum absolute atomic E-state index is 11.0. The molecule has 9 nitrogen and oxygen atoms in total. The van der Waals surface area contributed by atoms with E-state index in [1.165, 1.54) is 0 Å². The molecule has 1 heterocycles. The van der Waals surface area contributed by atoms with Crippen LogP contribution >= 0.6 is 15.2 Å². The van der Waals surface area contributed by atoms with E-state index in [4.69, 9.17) is 25.3 Å². The Morgan fingerprint density at radius 1 is 1.20 bits per heavy atom. The lowest BCUT2D eigenvalue weighted by atomic mass is 10.3. The summed E-state index contributed by atoms with van der Waals surface area (Å²) in [5.41, 5.74) is 4.96. The Bertz CT molecular complexity index is 408. The number of nitrogens with zero attached hydrogens (tertiary/aromatic N) is 1. The fourth-order valence-corrected chi connectivity index (χ4v) is 3.64. The van der Waals surface area contributed by atoms with Gasteiger partial charge in [-0.25, -0.2) is 4.99 Å². The zero-order valence-electron chi connectivity index (χ0n) is 7.14. The Morgan fingerprint density at radius 2 is 1.60 bits per heavy atom. The Morgan fingerprint density at radius 3 is 1.73 bits per heavy atom. The molecule has 11 heteroatoms. The average Bonchev–Trinajstić information content (AvgIpc) is 2.26. The number of Topliss-reactive ketones (excluding diaryl/α,β-unsaturated/α-hetero) is 1. The summed E-state index contributed by atoms with van der Waals surface area (Å²) in [4.78, 5) is 49.3. The maximum atomic E-state index is 11.0. The van der Waals surface area contributed by atoms with E-state index in [2.05, 4.69) is 4.99 Å². The Balaban J connectivity index is 3.45. The standard InChI is InChI=1S/C4H8N2O7P2/c5-3-2(7)1-4(6-3,14(8,9)10)15(11,12)13/h1H2,(H2,5,6)(H2,8,9,10)(H2,11,12,13). The van der Waals surface area contributed by atoms with Crippen LogP contribution in [0.15, 0.2) is 4.99 Å². The lowest BCUT2D eigenvalue weighted by Gasteiger charge is -2.26. The zero-order chi connectivity index (χ0) is 12.1. The molecule has 86 valence electrons. The van der Waals surface area contributed by atoms with Crippen LogP contribution in [-0.4, -0.2) is 36.2 Å². The lowest BCUT2D eigenvalue weighted by molar-refractivity contribution is -0.112. The highest BCUT2D eigenvalue weighted by Crippen LogP contribution is 2.72. The third-order valence-corrected chi connectivity index (χ3v) is 5.86. The molecule has 0 aromatic heterocycles. The third-order valence-electron chi connectivity index (χ3n) is 1.92. The van der Waals surface area contributed by atoms with Crippen molar-refractivity contribution in [1.29, 1.82) is 0 Å². The van der Waals surface area contributed by atoms with Crippen LogP contribution in [0.3, 0.4) is 0 Å². The first-order valence-corrected chi connectivity index (χ1v) is 6.73. The van der Waals surface area contributed by atoms with Crippen molar-refractivity contribution < 1.29 is 33.5 Å². The van der Waals surface area contributed by atoms with Gasteiger partial charge in [0.05, 0.1) is 6.42 Å². The van der Waals surface area contributed by atoms with Crippen LogP contribution in [0, 0.1) is 0 Å². The van der Waals surface area contributed by atoms with Crippen LogP contribution in [0.2, 0.25) is 0 Å². The number of amidine groups is 1. The largest absolute Gasteiger partial charge is 0.381 e. The Labute approximate surface area is 83.3 Å². The van der Waals surface area contributed by atoms with Crippen molar-refractivity contribution >= 4 is 26.8 Å². The molecule has 6 N–H and O–H groups in total. The van der Waals surface area contributed by atoms with Gasteiger partial charge in [-0.2, -0.15) is 0 Å². The van der Waals surface area contributed by atoms with Gasteiger partial charge in [0, 0.05) is 0 Å². The molecule has 0 aliphatic carbocycles. The van der Waals surface area contributed by atoms with E-state index in [-0.39, 0.29) is 0 Å². The van der Waals surface area contributed by atoms with Gasteiger partial charge in [0.15, 0.2) is 5.84 Å². The van der Waals surface area contributed by atoms with Crippen molar-refractivity contribution in [3.8, 4) is 0 Å². The molecular weight excluding hydrogens is 250 g/mol. The highest BCUT2D eigenvalue weighted by molar-refractivity contribution is 7.72. The van der Waals surface area contributed by atoms with E-state index in [1.807, 2.05) is 0 Å². The minimum absolute atomic E-state index is 0.790. The molecule has 0 aromatic carbocycles. The second-order valence-corrected chi connectivity index (χ2v) is 6.97. The lowest BCUT2D eigenvalue weighted by Crippen LogP contribution is -2.25. The van der Waals surface area contributed by atoms with E-state index in [0.29, 0.717) is 0 Å². The highest BCUT2D eigenvalue weighted by Gasteiger charge is 2.64. The molecule has 0 spiro atoms. The predicted molar refractivity (Wildman–Crippen MR) is 48.1 cm³/mol. The minimum Gasteiger partial charge on any atom is -0.381 e. The molecule has 0 saturated heterocycles. The number of ketones is 1. The van der Waals surface area contributed by atoms with E-state index in [1.54, 1.807) is 0 Å². The van der Waals surface area contributed by atoms with Crippen LogP contribution in [0.25, 0.3) is 0 Å². The normalized spacial score (nSPS) is 21.6. The molecule has 0 atom stereocenters. The summed E-state index contributed by atoms with van der Waals surface area (Å²) in [6.45, 7) is 0. The number of hydrogen-bond acceptors (Lipinski definition) is 5. The second kappa shape index (κ2) is 3.21. The molecule has 1 aliphatic heterocycles. The van der Waals surface area contributed by atoms with E-state index >= 15 is 0 Å². The first-order chi connectivity index (χ1) is 6.51. The molecular formula is C4H8N2O7P2. The first-order valence-electron chi connectivity index (χ1n) is 3.51. The maximum Gasteiger partial charge on any atom is 0.365 e. The number of carbonyl (C=O) groups is 1. The van der Waals surface area contributed by atoms with E-state index in [9.17, 15) is 13.9 Å². The van der Waals surface area contributed by atoms with Gasteiger partial charge in [0.25, 0.3) is 5.02 Å². The average molecular weight is 258 g/mol. The van der Waals surface area contributed by atoms with E-state index in [0.717, 1.165) is 0 Å². The topological polar surface area (TPSA) is 171 Å². The molecule has 0 fully saturated rings. The van der Waals surface area contributed by atoms with Crippen molar-refractivity contribution in [3.63, 3.8) is 0 Å².